The van der Waals surface area contributed by atoms with Crippen molar-refractivity contribution in [3.8, 4) is 5.75 Å². The average Bonchev–Trinajstić information content (AvgIpc) is 2.47. The number of rotatable bonds is 5. The molecule has 0 bridgehead atoms. The number of carbonyl (C=O) groups is 1. The van der Waals surface area contributed by atoms with Crippen LogP contribution in [-0.4, -0.2) is 20.9 Å². The van der Waals surface area contributed by atoms with Crippen molar-refractivity contribution in [1.82, 2.24) is 0 Å². The lowest BCUT2D eigenvalue weighted by atomic mass is 10.2. The summed E-state index contributed by atoms with van der Waals surface area (Å²) in [6, 6.07) is 8.17. The highest BCUT2D eigenvalue weighted by atomic mass is 79.9. The van der Waals surface area contributed by atoms with E-state index in [4.69, 9.17) is 9.88 Å². The summed E-state index contributed by atoms with van der Waals surface area (Å²) < 4.78 is 41.6. The molecular formula is C15H14BrFN2O4S. The van der Waals surface area contributed by atoms with Crippen LogP contribution >= 0.6 is 15.9 Å². The molecule has 0 aliphatic carbocycles. The number of aryl methyl sites for hydroxylation is 1. The molecule has 0 aliphatic rings. The Bertz CT molecular complexity index is 887. The van der Waals surface area contributed by atoms with Gasteiger partial charge in [-0.05, 0) is 58.7 Å². The topological polar surface area (TPSA) is 98.5 Å². The first-order valence-corrected chi connectivity index (χ1v) is 9.02. The van der Waals surface area contributed by atoms with Gasteiger partial charge in [-0.3, -0.25) is 4.79 Å². The van der Waals surface area contributed by atoms with Crippen LogP contribution in [0.1, 0.15) is 5.56 Å². The molecule has 0 unspecified atom stereocenters. The molecule has 0 saturated carbocycles. The molecule has 2 rings (SSSR count). The van der Waals surface area contributed by atoms with E-state index >= 15 is 0 Å². The van der Waals surface area contributed by atoms with E-state index in [2.05, 4.69) is 21.2 Å². The van der Waals surface area contributed by atoms with Gasteiger partial charge in [-0.15, -0.1) is 0 Å². The molecule has 2 aromatic carbocycles. The molecule has 0 fully saturated rings. The number of primary sulfonamides is 1. The highest BCUT2D eigenvalue weighted by Gasteiger charge is 2.13. The summed E-state index contributed by atoms with van der Waals surface area (Å²) in [4.78, 5) is 11.8. The van der Waals surface area contributed by atoms with Crippen LogP contribution in [-0.2, 0) is 14.8 Å². The van der Waals surface area contributed by atoms with Gasteiger partial charge >= 0.3 is 0 Å². The predicted octanol–water partition coefficient (Wildman–Crippen LogP) is 2.56. The Balaban J connectivity index is 2.05. The number of carbonyl (C=O) groups excluding carboxylic acids is 1. The van der Waals surface area contributed by atoms with Gasteiger partial charge in [-0.25, -0.2) is 17.9 Å². The molecule has 0 radical (unpaired) electrons. The van der Waals surface area contributed by atoms with Crippen LogP contribution in [0.2, 0.25) is 0 Å². The fraction of sp³-hybridized carbons (Fsp3) is 0.133. The van der Waals surface area contributed by atoms with Crippen LogP contribution in [0, 0.1) is 12.7 Å². The zero-order valence-corrected chi connectivity index (χ0v) is 14.9. The third-order valence-electron chi connectivity index (χ3n) is 3.03. The second-order valence-corrected chi connectivity index (χ2v) is 7.32. The normalized spacial score (nSPS) is 11.2. The van der Waals surface area contributed by atoms with Gasteiger partial charge in [0.05, 0.1) is 9.37 Å². The van der Waals surface area contributed by atoms with Gasteiger partial charge in [0.1, 0.15) is 11.6 Å². The first-order chi connectivity index (χ1) is 11.2. The van der Waals surface area contributed by atoms with Gasteiger partial charge in [-0.2, -0.15) is 0 Å². The third kappa shape index (κ3) is 4.76. The lowest BCUT2D eigenvalue weighted by molar-refractivity contribution is -0.118. The molecule has 6 nitrogen and oxygen atoms in total. The van der Waals surface area contributed by atoms with Crippen molar-refractivity contribution in [2.75, 3.05) is 11.9 Å². The minimum Gasteiger partial charge on any atom is -0.483 e. The van der Waals surface area contributed by atoms with E-state index in [9.17, 15) is 17.6 Å². The van der Waals surface area contributed by atoms with Gasteiger partial charge in [0.25, 0.3) is 5.91 Å². The Kier molecular flexibility index (Phi) is 5.58. The van der Waals surface area contributed by atoms with Crippen LogP contribution in [0.3, 0.4) is 0 Å². The first kappa shape index (κ1) is 18.4. The molecule has 128 valence electrons. The third-order valence-corrected chi connectivity index (χ3v) is 4.70. The van der Waals surface area contributed by atoms with Crippen molar-refractivity contribution in [1.29, 1.82) is 0 Å². The van der Waals surface area contributed by atoms with E-state index in [1.807, 2.05) is 0 Å². The van der Waals surface area contributed by atoms with E-state index in [1.54, 1.807) is 13.0 Å². The minimum atomic E-state index is -3.88. The van der Waals surface area contributed by atoms with E-state index in [1.165, 1.54) is 30.3 Å². The fourth-order valence-electron chi connectivity index (χ4n) is 1.92. The number of halogens is 2. The molecule has 0 atom stereocenters. The van der Waals surface area contributed by atoms with Gasteiger partial charge < -0.3 is 10.1 Å². The number of nitrogens with one attached hydrogen (secondary N) is 1. The lowest BCUT2D eigenvalue weighted by Crippen LogP contribution is -2.21. The standard InChI is InChI=1S/C15H14BrFN2O4S/c1-9-2-4-11(7-14(9)24(18,21)22)19-15(20)8-23-13-5-3-10(17)6-12(13)16/h2-7H,8H2,1H3,(H,19,20)(H2,18,21,22). The smallest absolute Gasteiger partial charge is 0.262 e. The van der Waals surface area contributed by atoms with E-state index in [-0.39, 0.29) is 17.2 Å². The molecule has 0 heterocycles. The Labute approximate surface area is 147 Å². The van der Waals surface area contributed by atoms with Crippen LogP contribution in [0.4, 0.5) is 10.1 Å². The van der Waals surface area contributed by atoms with Gasteiger partial charge in [0.15, 0.2) is 6.61 Å². The van der Waals surface area contributed by atoms with Crippen molar-refractivity contribution in [2.24, 2.45) is 5.14 Å². The Morgan fingerprint density at radius 1 is 1.29 bits per heavy atom. The number of anilines is 1. The summed E-state index contributed by atoms with van der Waals surface area (Å²) in [6.45, 7) is 1.27. The van der Waals surface area contributed by atoms with Crippen LogP contribution in [0.15, 0.2) is 45.8 Å². The number of hydrogen-bond donors (Lipinski definition) is 2. The molecule has 2 aromatic rings. The lowest BCUT2D eigenvalue weighted by Gasteiger charge is -2.10. The average molecular weight is 417 g/mol. The van der Waals surface area contributed by atoms with E-state index < -0.39 is 21.7 Å². The summed E-state index contributed by atoms with van der Waals surface area (Å²) >= 11 is 3.13. The second-order valence-electron chi connectivity index (χ2n) is 4.94. The summed E-state index contributed by atoms with van der Waals surface area (Å²) in [7, 11) is -3.88. The van der Waals surface area contributed by atoms with E-state index in [0.717, 1.165) is 0 Å². The zero-order chi connectivity index (χ0) is 17.9. The Hall–Kier alpha value is -1.97. The Morgan fingerprint density at radius 3 is 2.62 bits per heavy atom. The maximum atomic E-state index is 13.0. The largest absolute Gasteiger partial charge is 0.483 e. The molecule has 24 heavy (non-hydrogen) atoms. The molecule has 9 heteroatoms. The second kappa shape index (κ2) is 7.29. The van der Waals surface area contributed by atoms with Gasteiger partial charge in [0, 0.05) is 5.69 Å². The number of amides is 1. The highest BCUT2D eigenvalue weighted by Crippen LogP contribution is 2.25. The summed E-state index contributed by atoms with van der Waals surface area (Å²) in [5.41, 5.74) is 0.749. The number of sulfonamides is 1. The van der Waals surface area contributed by atoms with E-state index in [0.29, 0.717) is 15.8 Å². The first-order valence-electron chi connectivity index (χ1n) is 6.68. The number of hydrogen-bond acceptors (Lipinski definition) is 4. The fourth-order valence-corrected chi connectivity index (χ4v) is 3.19. The number of benzene rings is 2. The summed E-state index contributed by atoms with van der Waals surface area (Å²) in [6.07, 6.45) is 0. The molecule has 0 aromatic heterocycles. The SMILES string of the molecule is Cc1ccc(NC(=O)COc2ccc(F)cc2Br)cc1S(N)(=O)=O. The van der Waals surface area contributed by atoms with Gasteiger partial charge in [-0.1, -0.05) is 6.07 Å². The quantitative estimate of drug-likeness (QED) is 0.781. The summed E-state index contributed by atoms with van der Waals surface area (Å²) in [5.74, 6) is -0.634. The molecular weight excluding hydrogens is 403 g/mol. The maximum absolute atomic E-state index is 13.0. The summed E-state index contributed by atoms with van der Waals surface area (Å²) in [5, 5.41) is 7.63. The molecule has 1 amide bonds. The maximum Gasteiger partial charge on any atom is 0.262 e. The molecule has 0 aliphatic heterocycles. The van der Waals surface area contributed by atoms with Crippen molar-refractivity contribution in [3.63, 3.8) is 0 Å². The van der Waals surface area contributed by atoms with Crippen LogP contribution in [0.5, 0.6) is 5.75 Å². The minimum absolute atomic E-state index is 0.0671. The van der Waals surface area contributed by atoms with Crippen LogP contribution < -0.4 is 15.2 Å². The van der Waals surface area contributed by atoms with Crippen molar-refractivity contribution in [2.45, 2.75) is 11.8 Å². The molecule has 3 N–H and O–H groups in total. The van der Waals surface area contributed by atoms with Crippen molar-refractivity contribution in [3.05, 3.63) is 52.3 Å². The molecule has 0 spiro atoms. The number of nitrogens with two attached hydrogens (primary N) is 1. The predicted molar refractivity (Wildman–Crippen MR) is 90.8 cm³/mol. The highest BCUT2D eigenvalue weighted by molar-refractivity contribution is 9.10. The molecule has 0 saturated heterocycles. The van der Waals surface area contributed by atoms with Crippen molar-refractivity contribution < 1.29 is 22.3 Å². The zero-order valence-electron chi connectivity index (χ0n) is 12.5. The monoisotopic (exact) mass is 416 g/mol. The Morgan fingerprint density at radius 2 is 2.00 bits per heavy atom. The number of ether oxygens (including phenoxy) is 1. The van der Waals surface area contributed by atoms with Crippen LogP contribution in [0.25, 0.3) is 0 Å². The van der Waals surface area contributed by atoms with Gasteiger partial charge in [0.2, 0.25) is 10.0 Å². The van der Waals surface area contributed by atoms with Crippen molar-refractivity contribution >= 4 is 37.5 Å².